The van der Waals surface area contributed by atoms with Crippen molar-refractivity contribution in [2.75, 3.05) is 6.61 Å². The molecule has 0 aromatic rings. The maximum absolute atomic E-state index is 9.51. The van der Waals surface area contributed by atoms with E-state index in [-0.39, 0.29) is 0 Å². The Balaban J connectivity index is 2.82. The number of hydrogen-bond acceptors (Lipinski definition) is 6. The molecule has 14 heavy (non-hydrogen) atoms. The summed E-state index contributed by atoms with van der Waals surface area (Å²) in [5, 5.41) is 30.8. The predicted octanol–water partition coefficient (Wildman–Crippen LogP) is -1.94. The molecule has 1 fully saturated rings. The number of aliphatic hydroxyl groups is 3. The van der Waals surface area contributed by atoms with Crippen LogP contribution < -0.4 is 5.73 Å². The third-order valence-corrected chi connectivity index (χ3v) is 2.13. The van der Waals surface area contributed by atoms with Gasteiger partial charge in [-0.2, -0.15) is 0 Å². The van der Waals surface area contributed by atoms with Crippen LogP contribution in [0, 0.1) is 0 Å². The topological polar surface area (TPSA) is 145 Å². The van der Waals surface area contributed by atoms with Crippen LogP contribution in [0.2, 0.25) is 0 Å². The summed E-state index contributed by atoms with van der Waals surface area (Å²) in [6, 6.07) is -2.00. The van der Waals surface area contributed by atoms with Crippen molar-refractivity contribution in [1.29, 1.82) is 0 Å². The van der Waals surface area contributed by atoms with E-state index in [9.17, 15) is 10.2 Å². The minimum atomic E-state index is -1.36. The molecule has 1 saturated heterocycles. The Labute approximate surface area is 79.5 Å². The molecule has 1 aliphatic rings. The highest BCUT2D eigenvalue weighted by Gasteiger charge is 2.42. The Kier molecular flexibility index (Phi) is 3.64. The molecule has 5 atom stereocenters. The largest absolute Gasteiger partial charge is 0.394 e. The summed E-state index contributed by atoms with van der Waals surface area (Å²) in [6.07, 6.45) is -3.55. The smallest absolute Gasteiger partial charge is 0.170 e. The lowest BCUT2D eigenvalue weighted by atomic mass is 9.96. The molecule has 8 nitrogen and oxygen atoms in total. The van der Waals surface area contributed by atoms with Gasteiger partial charge in [-0.15, -0.1) is 0 Å². The quantitative estimate of drug-likeness (QED) is 0.235. The Morgan fingerprint density at radius 3 is 2.64 bits per heavy atom. The predicted molar refractivity (Wildman–Crippen MR) is 44.9 cm³/mol. The van der Waals surface area contributed by atoms with E-state index in [0.29, 0.717) is 0 Å². The zero-order valence-corrected chi connectivity index (χ0v) is 7.26. The fourth-order valence-corrected chi connectivity index (χ4v) is 1.32. The van der Waals surface area contributed by atoms with Crippen molar-refractivity contribution in [3.05, 3.63) is 10.4 Å². The lowest BCUT2D eigenvalue weighted by Gasteiger charge is -2.38. The van der Waals surface area contributed by atoms with Crippen molar-refractivity contribution < 1.29 is 20.1 Å². The molecule has 0 bridgehead atoms. The number of aliphatic hydroxyl groups excluding tert-OH is 3. The van der Waals surface area contributed by atoms with Crippen LogP contribution >= 0.6 is 0 Å². The molecule has 0 amide bonds. The highest BCUT2D eigenvalue weighted by molar-refractivity contribution is 4.95. The number of ether oxygens (including phenoxy) is 1. The molecule has 0 saturated carbocycles. The van der Waals surface area contributed by atoms with Crippen molar-refractivity contribution >= 4 is 0 Å². The molecule has 0 radical (unpaired) electrons. The first kappa shape index (κ1) is 11.2. The van der Waals surface area contributed by atoms with Crippen LogP contribution in [0.15, 0.2) is 5.11 Å². The van der Waals surface area contributed by atoms with Crippen molar-refractivity contribution in [1.82, 2.24) is 0 Å². The Bertz CT molecular complexity index is 244. The van der Waals surface area contributed by atoms with Gasteiger partial charge in [0, 0.05) is 4.91 Å². The highest BCUT2D eigenvalue weighted by atomic mass is 16.6. The van der Waals surface area contributed by atoms with Gasteiger partial charge in [-0.3, -0.25) is 0 Å². The minimum Gasteiger partial charge on any atom is -0.394 e. The fraction of sp³-hybridized carbons (Fsp3) is 1.00. The Hall–Kier alpha value is -0.890. The zero-order chi connectivity index (χ0) is 10.7. The first-order chi connectivity index (χ1) is 6.61. The van der Waals surface area contributed by atoms with Gasteiger partial charge in [0.25, 0.3) is 0 Å². The number of rotatable bonds is 2. The summed E-state index contributed by atoms with van der Waals surface area (Å²) < 4.78 is 4.78. The second-order valence-electron chi connectivity index (χ2n) is 3.01. The first-order valence-corrected chi connectivity index (χ1v) is 4.04. The molecule has 0 aliphatic carbocycles. The molecule has 1 aliphatic heterocycles. The van der Waals surface area contributed by atoms with Crippen LogP contribution in [-0.2, 0) is 4.74 Å². The van der Waals surface area contributed by atoms with E-state index in [1.54, 1.807) is 0 Å². The molecule has 8 heteroatoms. The summed E-state index contributed by atoms with van der Waals surface area (Å²) >= 11 is 0. The van der Waals surface area contributed by atoms with Crippen LogP contribution in [0.4, 0.5) is 0 Å². The van der Waals surface area contributed by atoms with Gasteiger partial charge in [0.2, 0.25) is 0 Å². The standard InChI is InChI=1S/C6H12N4O4/c7-3-4(9-10-8)5(12)2(1-11)14-6(3)13/h2-6,11-13H,1,7H2/t2-,3-,4-,5-,6?/m1/s1. The van der Waals surface area contributed by atoms with Crippen molar-refractivity contribution in [3.63, 3.8) is 0 Å². The highest BCUT2D eigenvalue weighted by Crippen LogP contribution is 2.20. The van der Waals surface area contributed by atoms with E-state index < -0.39 is 37.2 Å². The van der Waals surface area contributed by atoms with Crippen LogP contribution in [0.1, 0.15) is 0 Å². The van der Waals surface area contributed by atoms with Gasteiger partial charge in [-0.1, -0.05) is 5.11 Å². The molecule has 1 heterocycles. The number of azide groups is 1. The molecule has 1 unspecified atom stereocenters. The average Bonchev–Trinajstić information content (AvgIpc) is 2.18. The SMILES string of the molecule is [N-]=[N+]=N[C@H]1[C@H](O)[C@@H](CO)OC(O)[C@@H]1N. The van der Waals surface area contributed by atoms with E-state index in [1.807, 2.05) is 0 Å². The van der Waals surface area contributed by atoms with Crippen LogP contribution in [0.3, 0.4) is 0 Å². The summed E-state index contributed by atoms with van der Waals surface area (Å²) in [5.74, 6) is 0. The summed E-state index contributed by atoms with van der Waals surface area (Å²) in [5.41, 5.74) is 13.6. The monoisotopic (exact) mass is 204 g/mol. The lowest BCUT2D eigenvalue weighted by Crippen LogP contribution is -2.61. The maximum Gasteiger partial charge on any atom is 0.170 e. The third kappa shape index (κ3) is 1.95. The van der Waals surface area contributed by atoms with Crippen molar-refractivity contribution in [2.24, 2.45) is 10.8 Å². The van der Waals surface area contributed by atoms with E-state index in [4.69, 9.17) is 21.1 Å². The normalized spacial score (nSPS) is 43.0. The van der Waals surface area contributed by atoms with Gasteiger partial charge in [0.1, 0.15) is 6.10 Å². The number of hydrogen-bond donors (Lipinski definition) is 4. The fourth-order valence-electron chi connectivity index (χ4n) is 1.32. The van der Waals surface area contributed by atoms with Gasteiger partial charge < -0.3 is 25.8 Å². The van der Waals surface area contributed by atoms with E-state index in [2.05, 4.69) is 10.0 Å². The molecular weight excluding hydrogens is 192 g/mol. The Morgan fingerprint density at radius 2 is 2.14 bits per heavy atom. The zero-order valence-electron chi connectivity index (χ0n) is 7.26. The van der Waals surface area contributed by atoms with Gasteiger partial charge >= 0.3 is 0 Å². The van der Waals surface area contributed by atoms with Gasteiger partial charge in [-0.05, 0) is 5.53 Å². The van der Waals surface area contributed by atoms with E-state index in [0.717, 1.165) is 0 Å². The van der Waals surface area contributed by atoms with Crippen LogP contribution in [0.25, 0.3) is 10.4 Å². The molecule has 0 aromatic heterocycles. The third-order valence-electron chi connectivity index (χ3n) is 2.13. The molecule has 5 N–H and O–H groups in total. The Morgan fingerprint density at radius 1 is 1.50 bits per heavy atom. The number of nitrogens with zero attached hydrogens (tertiary/aromatic N) is 3. The van der Waals surface area contributed by atoms with Gasteiger partial charge in [-0.25, -0.2) is 0 Å². The second kappa shape index (κ2) is 4.56. The lowest BCUT2D eigenvalue weighted by molar-refractivity contribution is -0.221. The molecule has 80 valence electrons. The van der Waals surface area contributed by atoms with Crippen LogP contribution in [-0.4, -0.2) is 52.5 Å². The molecular formula is C6H12N4O4. The second-order valence-corrected chi connectivity index (χ2v) is 3.01. The molecule has 1 rings (SSSR count). The summed E-state index contributed by atoms with van der Waals surface area (Å²) in [7, 11) is 0. The average molecular weight is 204 g/mol. The van der Waals surface area contributed by atoms with Crippen molar-refractivity contribution in [3.8, 4) is 0 Å². The minimum absolute atomic E-state index is 0.484. The maximum atomic E-state index is 9.51. The number of nitrogens with two attached hydrogens (primary N) is 1. The van der Waals surface area contributed by atoms with E-state index >= 15 is 0 Å². The summed E-state index contributed by atoms with van der Waals surface area (Å²) in [6.45, 7) is -0.484. The van der Waals surface area contributed by atoms with Crippen molar-refractivity contribution in [2.45, 2.75) is 30.6 Å². The van der Waals surface area contributed by atoms with Gasteiger partial charge in [0.05, 0.1) is 24.8 Å². The van der Waals surface area contributed by atoms with E-state index in [1.165, 1.54) is 0 Å². The first-order valence-electron chi connectivity index (χ1n) is 4.04. The van der Waals surface area contributed by atoms with Gasteiger partial charge in [0.15, 0.2) is 6.29 Å². The van der Waals surface area contributed by atoms with Crippen LogP contribution in [0.5, 0.6) is 0 Å². The molecule has 0 aromatic carbocycles. The summed E-state index contributed by atoms with van der Waals surface area (Å²) in [4.78, 5) is 2.50. The molecule has 0 spiro atoms.